The molecular weight excluding hydrogens is 232 g/mol. The van der Waals surface area contributed by atoms with Crippen LogP contribution in [0, 0.1) is 6.92 Å². The molecule has 2 heterocycles. The Morgan fingerprint density at radius 2 is 2.33 bits per heavy atom. The number of aryl methyl sites for hydroxylation is 2. The smallest absolute Gasteiger partial charge is 0.274 e. The second kappa shape index (κ2) is 4.97. The average molecular weight is 252 g/mol. The normalized spacial score (nSPS) is 19.5. The number of aliphatic hydroxyl groups excluding tert-OH is 1. The van der Waals surface area contributed by atoms with E-state index in [2.05, 4.69) is 5.10 Å². The molecule has 0 aromatic carbocycles. The lowest BCUT2D eigenvalue weighted by Crippen LogP contribution is -2.39. The van der Waals surface area contributed by atoms with Gasteiger partial charge in [0.25, 0.3) is 5.91 Å². The summed E-state index contributed by atoms with van der Waals surface area (Å²) in [5, 5.41) is 13.5. The fraction of sp³-hybridized carbons (Fsp3) is 0.667. The number of hydrogen-bond acceptors (Lipinski definition) is 4. The zero-order chi connectivity index (χ0) is 13.3. The van der Waals surface area contributed by atoms with E-state index in [1.165, 1.54) is 0 Å². The van der Waals surface area contributed by atoms with Crippen molar-refractivity contribution in [2.45, 2.75) is 39.3 Å². The maximum Gasteiger partial charge on any atom is 0.274 e. The van der Waals surface area contributed by atoms with Crippen molar-refractivity contribution in [1.29, 1.82) is 0 Å². The highest BCUT2D eigenvalue weighted by Gasteiger charge is 2.32. The highest BCUT2D eigenvalue weighted by molar-refractivity contribution is 5.98. The monoisotopic (exact) mass is 252 g/mol. The Labute approximate surface area is 106 Å². The minimum atomic E-state index is -0.119. The molecular formula is C12H20N4O2. The molecule has 2 rings (SSSR count). The Morgan fingerprint density at radius 3 is 2.94 bits per heavy atom. The molecule has 6 heteroatoms. The third-order valence-electron chi connectivity index (χ3n) is 3.52. The molecule has 1 atom stereocenters. The molecule has 1 aromatic rings. The van der Waals surface area contributed by atoms with Crippen molar-refractivity contribution in [2.75, 3.05) is 18.9 Å². The summed E-state index contributed by atoms with van der Waals surface area (Å²) in [6.07, 6.45) is 1.78. The van der Waals surface area contributed by atoms with E-state index in [1.54, 1.807) is 16.5 Å². The third-order valence-corrected chi connectivity index (χ3v) is 3.52. The van der Waals surface area contributed by atoms with Gasteiger partial charge in [-0.05, 0) is 26.7 Å². The van der Waals surface area contributed by atoms with Crippen LogP contribution in [-0.2, 0) is 6.54 Å². The number of aliphatic hydroxyl groups is 1. The fourth-order valence-corrected chi connectivity index (χ4v) is 2.48. The Morgan fingerprint density at radius 1 is 1.61 bits per heavy atom. The maximum atomic E-state index is 12.5. The van der Waals surface area contributed by atoms with Gasteiger partial charge in [-0.25, -0.2) is 0 Å². The standard InChI is InChI=1S/C12H20N4O2/c1-3-16-11(10(13)8(2)14-16)12(18)15-6-4-5-9(15)7-17/h9,17H,3-7,13H2,1-2H3/t9-/m1/s1. The molecule has 0 saturated carbocycles. The van der Waals surface area contributed by atoms with Gasteiger partial charge in [0.2, 0.25) is 0 Å². The molecule has 0 unspecified atom stereocenters. The number of anilines is 1. The first kappa shape index (κ1) is 12.9. The second-order valence-corrected chi connectivity index (χ2v) is 4.64. The molecule has 3 N–H and O–H groups in total. The van der Waals surface area contributed by atoms with Crippen molar-refractivity contribution in [1.82, 2.24) is 14.7 Å². The number of nitrogens with two attached hydrogens (primary N) is 1. The molecule has 0 aliphatic carbocycles. The van der Waals surface area contributed by atoms with E-state index in [1.807, 2.05) is 6.92 Å². The van der Waals surface area contributed by atoms with Crippen LogP contribution in [0.25, 0.3) is 0 Å². The summed E-state index contributed by atoms with van der Waals surface area (Å²) in [5.74, 6) is -0.119. The van der Waals surface area contributed by atoms with E-state index in [9.17, 15) is 9.90 Å². The highest BCUT2D eigenvalue weighted by atomic mass is 16.3. The predicted octanol–water partition coefficient (Wildman–Crippen LogP) is 0.391. The van der Waals surface area contributed by atoms with Gasteiger partial charge in [0, 0.05) is 13.1 Å². The molecule has 1 amide bonds. The number of carbonyl (C=O) groups is 1. The number of rotatable bonds is 3. The molecule has 0 bridgehead atoms. The molecule has 0 radical (unpaired) electrons. The van der Waals surface area contributed by atoms with Gasteiger partial charge in [-0.15, -0.1) is 0 Å². The zero-order valence-electron chi connectivity index (χ0n) is 10.9. The first-order valence-electron chi connectivity index (χ1n) is 6.34. The Balaban J connectivity index is 2.33. The molecule has 6 nitrogen and oxygen atoms in total. The molecule has 100 valence electrons. The van der Waals surface area contributed by atoms with Gasteiger partial charge < -0.3 is 15.7 Å². The summed E-state index contributed by atoms with van der Waals surface area (Å²) in [4.78, 5) is 14.2. The first-order valence-corrected chi connectivity index (χ1v) is 6.34. The van der Waals surface area contributed by atoms with Crippen LogP contribution in [0.2, 0.25) is 0 Å². The summed E-state index contributed by atoms with van der Waals surface area (Å²) >= 11 is 0. The van der Waals surface area contributed by atoms with Gasteiger partial charge >= 0.3 is 0 Å². The summed E-state index contributed by atoms with van der Waals surface area (Å²) in [6.45, 7) is 5.01. The Bertz CT molecular complexity index is 455. The van der Waals surface area contributed by atoms with Crippen LogP contribution in [-0.4, -0.2) is 44.9 Å². The SMILES string of the molecule is CCn1nc(C)c(N)c1C(=O)N1CCC[C@@H]1CO. The third kappa shape index (κ3) is 1.96. The number of hydrogen-bond donors (Lipinski definition) is 2. The molecule has 1 aliphatic heterocycles. The number of nitrogen functional groups attached to an aromatic ring is 1. The lowest BCUT2D eigenvalue weighted by molar-refractivity contribution is 0.0666. The maximum absolute atomic E-state index is 12.5. The van der Waals surface area contributed by atoms with Gasteiger partial charge in [-0.3, -0.25) is 9.48 Å². The molecule has 18 heavy (non-hydrogen) atoms. The predicted molar refractivity (Wildman–Crippen MR) is 68.2 cm³/mol. The molecule has 0 spiro atoms. The Kier molecular flexibility index (Phi) is 3.56. The van der Waals surface area contributed by atoms with E-state index in [0.29, 0.717) is 30.2 Å². The minimum absolute atomic E-state index is 0.00485. The number of aromatic nitrogens is 2. The first-order chi connectivity index (χ1) is 8.60. The topological polar surface area (TPSA) is 84.4 Å². The number of nitrogens with zero attached hydrogens (tertiary/aromatic N) is 3. The summed E-state index contributed by atoms with van der Waals surface area (Å²) in [6, 6.07) is -0.0857. The van der Waals surface area contributed by atoms with Crippen molar-refractivity contribution in [3.05, 3.63) is 11.4 Å². The molecule has 1 saturated heterocycles. The molecule has 1 aromatic heterocycles. The van der Waals surface area contributed by atoms with Gasteiger partial charge in [-0.1, -0.05) is 0 Å². The van der Waals surface area contributed by atoms with Gasteiger partial charge in [0.05, 0.1) is 24.0 Å². The zero-order valence-corrected chi connectivity index (χ0v) is 10.9. The van der Waals surface area contributed by atoms with E-state index in [0.717, 1.165) is 12.8 Å². The highest BCUT2D eigenvalue weighted by Crippen LogP contribution is 2.24. The Hall–Kier alpha value is -1.56. The van der Waals surface area contributed by atoms with Crippen LogP contribution in [0.15, 0.2) is 0 Å². The summed E-state index contributed by atoms with van der Waals surface area (Å²) in [7, 11) is 0. The van der Waals surface area contributed by atoms with Crippen LogP contribution in [0.4, 0.5) is 5.69 Å². The van der Waals surface area contributed by atoms with Crippen molar-refractivity contribution < 1.29 is 9.90 Å². The lowest BCUT2D eigenvalue weighted by Gasteiger charge is -2.23. The van der Waals surface area contributed by atoms with Crippen LogP contribution in [0.1, 0.15) is 35.9 Å². The van der Waals surface area contributed by atoms with Crippen molar-refractivity contribution in [3.8, 4) is 0 Å². The van der Waals surface area contributed by atoms with Gasteiger partial charge in [-0.2, -0.15) is 5.10 Å². The van der Waals surface area contributed by atoms with Crippen LogP contribution in [0.3, 0.4) is 0 Å². The van der Waals surface area contributed by atoms with Crippen molar-refractivity contribution >= 4 is 11.6 Å². The van der Waals surface area contributed by atoms with Crippen molar-refractivity contribution in [3.63, 3.8) is 0 Å². The minimum Gasteiger partial charge on any atom is -0.395 e. The molecule has 1 fully saturated rings. The van der Waals surface area contributed by atoms with E-state index >= 15 is 0 Å². The lowest BCUT2D eigenvalue weighted by atomic mass is 10.2. The quantitative estimate of drug-likeness (QED) is 0.815. The van der Waals surface area contributed by atoms with E-state index in [-0.39, 0.29) is 18.6 Å². The fourth-order valence-electron chi connectivity index (χ4n) is 2.48. The van der Waals surface area contributed by atoms with Gasteiger partial charge in [0.1, 0.15) is 5.69 Å². The summed E-state index contributed by atoms with van der Waals surface area (Å²) in [5.41, 5.74) is 7.53. The van der Waals surface area contributed by atoms with Crippen LogP contribution in [0.5, 0.6) is 0 Å². The largest absolute Gasteiger partial charge is 0.395 e. The summed E-state index contributed by atoms with van der Waals surface area (Å²) < 4.78 is 1.64. The van der Waals surface area contributed by atoms with Crippen LogP contribution < -0.4 is 5.73 Å². The van der Waals surface area contributed by atoms with Crippen molar-refractivity contribution in [2.24, 2.45) is 0 Å². The number of likely N-dealkylation sites (tertiary alicyclic amines) is 1. The van der Waals surface area contributed by atoms with Crippen LogP contribution >= 0.6 is 0 Å². The second-order valence-electron chi connectivity index (χ2n) is 4.64. The average Bonchev–Trinajstić information content (AvgIpc) is 2.94. The van der Waals surface area contributed by atoms with E-state index < -0.39 is 0 Å². The number of carbonyl (C=O) groups excluding carboxylic acids is 1. The van der Waals surface area contributed by atoms with Gasteiger partial charge in [0.15, 0.2) is 0 Å². The molecule has 1 aliphatic rings. The van der Waals surface area contributed by atoms with E-state index in [4.69, 9.17) is 5.73 Å². The number of amides is 1.